The Morgan fingerprint density at radius 1 is 1.15 bits per heavy atom. The number of carbonyl (C=O) groups is 1. The molecule has 0 radical (unpaired) electrons. The Kier molecular flexibility index (Phi) is 4.92. The van der Waals surface area contributed by atoms with Gasteiger partial charge in [-0.3, -0.25) is 4.79 Å². The molecule has 1 saturated heterocycles. The lowest BCUT2D eigenvalue weighted by molar-refractivity contribution is -0.123. The third-order valence-electron chi connectivity index (χ3n) is 5.41. The van der Waals surface area contributed by atoms with Gasteiger partial charge in [-0.1, -0.05) is 12.1 Å². The minimum Gasteiger partial charge on any atom is -0.370 e. The molecule has 0 unspecified atom stereocenters. The number of anilines is 2. The molecule has 0 spiro atoms. The lowest BCUT2D eigenvalue weighted by Gasteiger charge is -2.18. The van der Waals surface area contributed by atoms with Crippen molar-refractivity contribution < 1.29 is 9.18 Å². The van der Waals surface area contributed by atoms with Gasteiger partial charge in [-0.15, -0.1) is 5.10 Å². The van der Waals surface area contributed by atoms with Gasteiger partial charge in [0, 0.05) is 32.2 Å². The van der Waals surface area contributed by atoms with Gasteiger partial charge in [-0.25, -0.2) is 4.39 Å². The van der Waals surface area contributed by atoms with Gasteiger partial charge in [0.2, 0.25) is 5.91 Å². The van der Waals surface area contributed by atoms with Gasteiger partial charge in [-0.05, 0) is 43.4 Å². The normalized spacial score (nSPS) is 17.6. The van der Waals surface area contributed by atoms with Crippen LogP contribution in [0.15, 0.2) is 36.5 Å². The van der Waals surface area contributed by atoms with Gasteiger partial charge in [-0.2, -0.15) is 5.10 Å². The Hall–Kier alpha value is -2.70. The van der Waals surface area contributed by atoms with Gasteiger partial charge in [0.05, 0.1) is 17.3 Å². The lowest BCUT2D eigenvalue weighted by atomic mass is 9.95. The van der Waals surface area contributed by atoms with E-state index in [2.05, 4.69) is 25.7 Å². The highest BCUT2D eigenvalue weighted by Gasteiger charge is 2.50. The summed E-state index contributed by atoms with van der Waals surface area (Å²) in [5.41, 5.74) is 1.49. The molecule has 0 atom stereocenters. The Bertz CT molecular complexity index is 800. The maximum Gasteiger partial charge on any atom is 0.230 e. The highest BCUT2D eigenvalue weighted by molar-refractivity contribution is 5.91. The van der Waals surface area contributed by atoms with Gasteiger partial charge in [0.25, 0.3) is 0 Å². The van der Waals surface area contributed by atoms with Crippen molar-refractivity contribution in [3.8, 4) is 0 Å². The number of rotatable bonds is 7. The van der Waals surface area contributed by atoms with Crippen LogP contribution in [0.3, 0.4) is 0 Å². The first-order chi connectivity index (χ1) is 13.2. The van der Waals surface area contributed by atoms with Crippen LogP contribution < -0.4 is 15.5 Å². The first-order valence-corrected chi connectivity index (χ1v) is 9.53. The monoisotopic (exact) mass is 369 g/mol. The molecule has 1 saturated carbocycles. The van der Waals surface area contributed by atoms with Crippen molar-refractivity contribution >= 4 is 17.4 Å². The zero-order valence-corrected chi connectivity index (χ0v) is 15.2. The zero-order valence-electron chi connectivity index (χ0n) is 15.2. The summed E-state index contributed by atoms with van der Waals surface area (Å²) >= 11 is 0. The van der Waals surface area contributed by atoms with E-state index in [4.69, 9.17) is 0 Å². The zero-order chi connectivity index (χ0) is 18.7. The van der Waals surface area contributed by atoms with Crippen molar-refractivity contribution in [2.24, 2.45) is 0 Å². The Morgan fingerprint density at radius 2 is 1.89 bits per heavy atom. The average molecular weight is 369 g/mol. The fourth-order valence-electron chi connectivity index (χ4n) is 3.67. The van der Waals surface area contributed by atoms with Crippen LogP contribution >= 0.6 is 0 Å². The van der Waals surface area contributed by atoms with E-state index in [1.165, 1.54) is 25.0 Å². The molecule has 1 aliphatic heterocycles. The molecule has 2 N–H and O–H groups in total. The largest absolute Gasteiger partial charge is 0.370 e. The first kappa shape index (κ1) is 17.7. The summed E-state index contributed by atoms with van der Waals surface area (Å²) in [4.78, 5) is 14.9. The topological polar surface area (TPSA) is 70.2 Å². The van der Waals surface area contributed by atoms with E-state index in [1.54, 1.807) is 18.3 Å². The molecule has 142 valence electrons. The highest BCUT2D eigenvalue weighted by atomic mass is 19.1. The number of carbonyl (C=O) groups excluding carboxylic acids is 1. The molecule has 1 aromatic heterocycles. The summed E-state index contributed by atoms with van der Waals surface area (Å²) in [6, 6.07) is 8.24. The minimum absolute atomic E-state index is 0.00723. The molecule has 27 heavy (non-hydrogen) atoms. The lowest BCUT2D eigenvalue weighted by Crippen LogP contribution is -2.37. The third kappa shape index (κ3) is 3.86. The fourth-order valence-corrected chi connectivity index (χ4v) is 3.67. The molecule has 7 heteroatoms. The summed E-state index contributed by atoms with van der Waals surface area (Å²) in [5.74, 6) is 0.442. The van der Waals surface area contributed by atoms with Gasteiger partial charge in [0.15, 0.2) is 5.82 Å². The summed E-state index contributed by atoms with van der Waals surface area (Å²) in [7, 11) is 0. The molecule has 1 aromatic carbocycles. The molecule has 1 aliphatic carbocycles. The Balaban J connectivity index is 1.27. The second-order valence-electron chi connectivity index (χ2n) is 7.26. The fraction of sp³-hybridized carbons (Fsp3) is 0.450. The number of aromatic nitrogens is 2. The predicted octanol–water partition coefficient (Wildman–Crippen LogP) is 2.48. The Labute approximate surface area is 158 Å². The Morgan fingerprint density at radius 3 is 2.59 bits per heavy atom. The molecular weight excluding hydrogens is 345 g/mol. The number of hydrogen-bond donors (Lipinski definition) is 2. The van der Waals surface area contributed by atoms with Gasteiger partial charge in [0.1, 0.15) is 5.82 Å². The van der Waals surface area contributed by atoms with Crippen molar-refractivity contribution in [3.05, 3.63) is 47.9 Å². The summed E-state index contributed by atoms with van der Waals surface area (Å²) in [5, 5.41) is 14.4. The van der Waals surface area contributed by atoms with Crippen molar-refractivity contribution in [1.82, 2.24) is 15.5 Å². The van der Waals surface area contributed by atoms with E-state index >= 15 is 0 Å². The molecule has 6 nitrogen and oxygen atoms in total. The number of nitrogens with one attached hydrogen (secondary N) is 2. The van der Waals surface area contributed by atoms with E-state index < -0.39 is 5.41 Å². The molecule has 2 heterocycles. The van der Waals surface area contributed by atoms with E-state index in [1.807, 2.05) is 6.07 Å². The summed E-state index contributed by atoms with van der Waals surface area (Å²) in [6.07, 6.45) is 5.83. The third-order valence-corrected chi connectivity index (χ3v) is 5.41. The quantitative estimate of drug-likeness (QED) is 0.734. The summed E-state index contributed by atoms with van der Waals surface area (Å²) in [6.45, 7) is 3.19. The molecule has 2 fully saturated rings. The van der Waals surface area contributed by atoms with Gasteiger partial charge < -0.3 is 15.5 Å². The second-order valence-corrected chi connectivity index (χ2v) is 7.26. The number of nitrogens with zero attached hydrogens (tertiary/aromatic N) is 3. The minimum atomic E-state index is -0.483. The van der Waals surface area contributed by atoms with Crippen LogP contribution in [0.5, 0.6) is 0 Å². The molecule has 4 rings (SSSR count). The molecule has 2 aliphatic rings. The van der Waals surface area contributed by atoms with Crippen LogP contribution in [0.2, 0.25) is 0 Å². The van der Waals surface area contributed by atoms with E-state index in [0.717, 1.165) is 37.2 Å². The van der Waals surface area contributed by atoms with Crippen molar-refractivity contribution in [3.63, 3.8) is 0 Å². The molecule has 1 amide bonds. The SMILES string of the molecule is O=C(NCCNc1cc(N2CCCC2)cnn1)C1(c2ccc(F)cc2)CC1. The maximum absolute atomic E-state index is 13.1. The van der Waals surface area contributed by atoms with Crippen LogP contribution in [-0.2, 0) is 10.2 Å². The van der Waals surface area contributed by atoms with Gasteiger partial charge >= 0.3 is 0 Å². The highest BCUT2D eigenvalue weighted by Crippen LogP contribution is 2.48. The van der Waals surface area contributed by atoms with Crippen LogP contribution in [0.4, 0.5) is 15.9 Å². The smallest absolute Gasteiger partial charge is 0.230 e. The maximum atomic E-state index is 13.1. The van der Waals surface area contributed by atoms with Crippen LogP contribution in [0.25, 0.3) is 0 Å². The average Bonchev–Trinajstić information content (AvgIpc) is 3.32. The number of halogens is 1. The summed E-state index contributed by atoms with van der Waals surface area (Å²) < 4.78 is 13.1. The van der Waals surface area contributed by atoms with Crippen molar-refractivity contribution in [2.45, 2.75) is 31.1 Å². The van der Waals surface area contributed by atoms with Crippen molar-refractivity contribution in [1.29, 1.82) is 0 Å². The van der Waals surface area contributed by atoms with Crippen LogP contribution in [0.1, 0.15) is 31.2 Å². The standard InChI is InChI=1S/C20H24FN5O/c21-16-5-3-15(4-6-16)20(7-8-20)19(27)23-10-9-22-18-13-17(14-24-25-18)26-11-1-2-12-26/h3-6,13-14H,1-2,7-12H2,(H,22,25)(H,23,27). The molecule has 2 aromatic rings. The van der Waals surface area contributed by atoms with E-state index in [9.17, 15) is 9.18 Å². The van der Waals surface area contributed by atoms with E-state index in [0.29, 0.717) is 18.9 Å². The number of amides is 1. The van der Waals surface area contributed by atoms with Crippen molar-refractivity contribution in [2.75, 3.05) is 36.4 Å². The number of hydrogen-bond acceptors (Lipinski definition) is 5. The molecular formula is C20H24FN5O. The van der Waals surface area contributed by atoms with Crippen LogP contribution in [-0.4, -0.2) is 42.3 Å². The predicted molar refractivity (Wildman–Crippen MR) is 102 cm³/mol. The molecule has 0 bridgehead atoms. The van der Waals surface area contributed by atoms with E-state index in [-0.39, 0.29) is 11.7 Å². The number of benzene rings is 1. The van der Waals surface area contributed by atoms with Crippen LogP contribution in [0, 0.1) is 5.82 Å². The second kappa shape index (κ2) is 7.50. The first-order valence-electron chi connectivity index (χ1n) is 9.53.